The van der Waals surface area contributed by atoms with Gasteiger partial charge in [0.2, 0.25) is 0 Å². The summed E-state index contributed by atoms with van der Waals surface area (Å²) in [6.07, 6.45) is 8.12. The number of hydrogen-bond acceptors (Lipinski definition) is 3. The number of nitrogens with one attached hydrogen (secondary N) is 2. The second-order valence-corrected chi connectivity index (χ2v) is 6.23. The SMILES string of the molecule is CCCC1(CNCCOCC2CC2)CCCNC1. The molecule has 1 aliphatic heterocycles. The lowest BCUT2D eigenvalue weighted by Gasteiger charge is -2.38. The van der Waals surface area contributed by atoms with E-state index in [0.29, 0.717) is 5.41 Å². The zero-order valence-electron chi connectivity index (χ0n) is 12.0. The van der Waals surface area contributed by atoms with E-state index in [-0.39, 0.29) is 0 Å². The van der Waals surface area contributed by atoms with Gasteiger partial charge < -0.3 is 15.4 Å². The van der Waals surface area contributed by atoms with Gasteiger partial charge in [-0.2, -0.15) is 0 Å². The minimum absolute atomic E-state index is 0.503. The van der Waals surface area contributed by atoms with Gasteiger partial charge in [0.25, 0.3) is 0 Å². The molecule has 0 bridgehead atoms. The lowest BCUT2D eigenvalue weighted by atomic mass is 9.77. The van der Waals surface area contributed by atoms with E-state index in [9.17, 15) is 0 Å². The van der Waals surface area contributed by atoms with Crippen LogP contribution in [0.15, 0.2) is 0 Å². The summed E-state index contributed by atoms with van der Waals surface area (Å²) in [7, 11) is 0. The molecule has 0 aromatic carbocycles. The Labute approximate surface area is 112 Å². The topological polar surface area (TPSA) is 33.3 Å². The Bertz CT molecular complexity index is 217. The summed E-state index contributed by atoms with van der Waals surface area (Å²) in [4.78, 5) is 0. The van der Waals surface area contributed by atoms with Gasteiger partial charge in [0.15, 0.2) is 0 Å². The fourth-order valence-electron chi connectivity index (χ4n) is 3.05. The van der Waals surface area contributed by atoms with E-state index in [4.69, 9.17) is 4.74 Å². The number of piperidine rings is 1. The first kappa shape index (κ1) is 14.3. The second kappa shape index (κ2) is 7.46. The molecule has 1 saturated heterocycles. The molecule has 3 heteroatoms. The third kappa shape index (κ3) is 4.87. The van der Waals surface area contributed by atoms with Crippen LogP contribution in [0, 0.1) is 11.3 Å². The maximum absolute atomic E-state index is 5.66. The molecule has 3 nitrogen and oxygen atoms in total. The van der Waals surface area contributed by atoms with Gasteiger partial charge in [0.1, 0.15) is 0 Å². The Morgan fingerprint density at radius 3 is 2.94 bits per heavy atom. The van der Waals surface area contributed by atoms with Crippen LogP contribution in [0.1, 0.15) is 45.4 Å². The Kier molecular flexibility index (Phi) is 5.93. The molecule has 2 N–H and O–H groups in total. The summed E-state index contributed by atoms with van der Waals surface area (Å²) < 4.78 is 5.66. The largest absolute Gasteiger partial charge is 0.380 e. The Balaban J connectivity index is 1.56. The van der Waals surface area contributed by atoms with Crippen molar-refractivity contribution in [1.29, 1.82) is 0 Å². The van der Waals surface area contributed by atoms with Crippen LogP contribution in [-0.4, -0.2) is 39.4 Å². The van der Waals surface area contributed by atoms with Gasteiger partial charge in [-0.05, 0) is 50.0 Å². The average molecular weight is 254 g/mol. The molecule has 2 rings (SSSR count). The molecular formula is C15H30N2O. The predicted molar refractivity (Wildman–Crippen MR) is 75.9 cm³/mol. The van der Waals surface area contributed by atoms with Crippen molar-refractivity contribution in [2.75, 3.05) is 39.4 Å². The first-order chi connectivity index (χ1) is 8.85. The molecule has 1 heterocycles. The maximum atomic E-state index is 5.66. The third-order valence-electron chi connectivity index (χ3n) is 4.31. The Morgan fingerprint density at radius 1 is 1.39 bits per heavy atom. The van der Waals surface area contributed by atoms with Crippen molar-refractivity contribution in [2.24, 2.45) is 11.3 Å². The van der Waals surface area contributed by atoms with Crippen LogP contribution in [0.2, 0.25) is 0 Å². The molecular weight excluding hydrogens is 224 g/mol. The molecule has 1 aliphatic carbocycles. The molecule has 1 atom stereocenters. The van der Waals surface area contributed by atoms with Crippen LogP contribution < -0.4 is 10.6 Å². The smallest absolute Gasteiger partial charge is 0.0591 e. The van der Waals surface area contributed by atoms with Gasteiger partial charge in [-0.15, -0.1) is 0 Å². The van der Waals surface area contributed by atoms with Crippen molar-refractivity contribution in [3.8, 4) is 0 Å². The number of hydrogen-bond donors (Lipinski definition) is 2. The normalized spacial score (nSPS) is 28.5. The van der Waals surface area contributed by atoms with E-state index in [1.807, 2.05) is 0 Å². The number of rotatable bonds is 9. The van der Waals surface area contributed by atoms with Gasteiger partial charge in [-0.25, -0.2) is 0 Å². The summed E-state index contributed by atoms with van der Waals surface area (Å²) in [6, 6.07) is 0. The second-order valence-electron chi connectivity index (χ2n) is 6.23. The third-order valence-corrected chi connectivity index (χ3v) is 4.31. The molecule has 0 spiro atoms. The molecule has 106 valence electrons. The van der Waals surface area contributed by atoms with Gasteiger partial charge in [0, 0.05) is 26.2 Å². The zero-order chi connectivity index (χ0) is 12.7. The van der Waals surface area contributed by atoms with Crippen molar-refractivity contribution in [3.63, 3.8) is 0 Å². The van der Waals surface area contributed by atoms with Crippen LogP contribution in [0.3, 0.4) is 0 Å². The van der Waals surface area contributed by atoms with Crippen molar-refractivity contribution >= 4 is 0 Å². The van der Waals surface area contributed by atoms with E-state index >= 15 is 0 Å². The summed E-state index contributed by atoms with van der Waals surface area (Å²) in [5.74, 6) is 0.888. The van der Waals surface area contributed by atoms with Crippen LogP contribution in [0.5, 0.6) is 0 Å². The van der Waals surface area contributed by atoms with Gasteiger partial charge >= 0.3 is 0 Å². The molecule has 2 fully saturated rings. The minimum atomic E-state index is 0.503. The maximum Gasteiger partial charge on any atom is 0.0591 e. The highest BCUT2D eigenvalue weighted by molar-refractivity contribution is 4.87. The highest BCUT2D eigenvalue weighted by atomic mass is 16.5. The van der Waals surface area contributed by atoms with E-state index < -0.39 is 0 Å². The van der Waals surface area contributed by atoms with Crippen molar-refractivity contribution in [1.82, 2.24) is 10.6 Å². The monoisotopic (exact) mass is 254 g/mol. The highest BCUT2D eigenvalue weighted by Crippen LogP contribution is 2.30. The molecule has 0 amide bonds. The standard InChI is InChI=1S/C15H30N2O/c1-2-6-15(7-3-8-16-12-15)13-17-9-10-18-11-14-4-5-14/h14,16-17H,2-13H2,1H3. The summed E-state index contributed by atoms with van der Waals surface area (Å²) in [5, 5.41) is 7.17. The Hall–Kier alpha value is -0.120. The molecule has 1 unspecified atom stereocenters. The van der Waals surface area contributed by atoms with E-state index in [0.717, 1.165) is 32.2 Å². The summed E-state index contributed by atoms with van der Waals surface area (Å²) in [6.45, 7) is 8.73. The van der Waals surface area contributed by atoms with Crippen LogP contribution in [-0.2, 0) is 4.74 Å². The minimum Gasteiger partial charge on any atom is -0.380 e. The molecule has 0 radical (unpaired) electrons. The fraction of sp³-hybridized carbons (Fsp3) is 1.00. The van der Waals surface area contributed by atoms with Crippen LogP contribution in [0.25, 0.3) is 0 Å². The first-order valence-corrected chi connectivity index (χ1v) is 7.84. The van der Waals surface area contributed by atoms with Crippen molar-refractivity contribution in [2.45, 2.75) is 45.4 Å². The van der Waals surface area contributed by atoms with Crippen molar-refractivity contribution in [3.05, 3.63) is 0 Å². The zero-order valence-corrected chi connectivity index (χ0v) is 12.0. The van der Waals surface area contributed by atoms with Gasteiger partial charge in [-0.1, -0.05) is 13.3 Å². The predicted octanol–water partition coefficient (Wildman–Crippen LogP) is 2.17. The van der Waals surface area contributed by atoms with Gasteiger partial charge in [0.05, 0.1) is 6.61 Å². The van der Waals surface area contributed by atoms with E-state index in [1.54, 1.807) is 0 Å². The van der Waals surface area contributed by atoms with E-state index in [2.05, 4.69) is 17.6 Å². The Morgan fingerprint density at radius 2 is 2.28 bits per heavy atom. The lowest BCUT2D eigenvalue weighted by Crippen LogP contribution is -2.46. The summed E-state index contributed by atoms with van der Waals surface area (Å²) >= 11 is 0. The quantitative estimate of drug-likeness (QED) is 0.619. The molecule has 1 saturated carbocycles. The summed E-state index contributed by atoms with van der Waals surface area (Å²) in [5.41, 5.74) is 0.503. The van der Waals surface area contributed by atoms with Gasteiger partial charge in [-0.3, -0.25) is 0 Å². The van der Waals surface area contributed by atoms with E-state index in [1.165, 1.54) is 51.6 Å². The molecule has 0 aromatic heterocycles. The molecule has 2 aliphatic rings. The average Bonchev–Trinajstić information content (AvgIpc) is 3.19. The van der Waals surface area contributed by atoms with Crippen LogP contribution in [0.4, 0.5) is 0 Å². The van der Waals surface area contributed by atoms with Crippen molar-refractivity contribution < 1.29 is 4.74 Å². The lowest BCUT2D eigenvalue weighted by molar-refractivity contribution is 0.119. The molecule has 18 heavy (non-hydrogen) atoms. The molecule has 0 aromatic rings. The van der Waals surface area contributed by atoms with Crippen LogP contribution >= 0.6 is 0 Å². The first-order valence-electron chi connectivity index (χ1n) is 7.84. The fourth-order valence-corrected chi connectivity index (χ4v) is 3.05. The number of ether oxygens (including phenoxy) is 1. The highest BCUT2D eigenvalue weighted by Gasteiger charge is 2.30.